The molecule has 6 heteroatoms. The number of hydrogen-bond acceptors (Lipinski definition) is 5. The molecule has 2 N–H and O–H groups in total. The Labute approximate surface area is 206 Å². The highest BCUT2D eigenvalue weighted by Gasteiger charge is 2.16. The van der Waals surface area contributed by atoms with Crippen molar-refractivity contribution < 1.29 is 9.32 Å². The van der Waals surface area contributed by atoms with Gasteiger partial charge in [-0.25, -0.2) is 0 Å². The maximum Gasteiger partial charge on any atom is 0.258 e. The van der Waals surface area contributed by atoms with Crippen molar-refractivity contribution in [3.8, 4) is 22.8 Å². The van der Waals surface area contributed by atoms with Gasteiger partial charge in [0, 0.05) is 28.9 Å². The zero-order valence-electron chi connectivity index (χ0n) is 20.5. The molecule has 0 spiro atoms. The van der Waals surface area contributed by atoms with Crippen molar-refractivity contribution in [2.45, 2.75) is 39.7 Å². The van der Waals surface area contributed by atoms with Gasteiger partial charge in [-0.1, -0.05) is 68.4 Å². The molecule has 3 aromatic carbocycles. The zero-order chi connectivity index (χ0) is 24.6. The lowest BCUT2D eigenvalue weighted by atomic mass is 9.95. The molecule has 4 aromatic rings. The lowest BCUT2D eigenvalue weighted by Gasteiger charge is -2.22. The summed E-state index contributed by atoms with van der Waals surface area (Å²) in [5.41, 5.74) is 4.64. The SMILES string of the molecule is CCCNC(=O)c1ccc(N[C@@H](CC(C)C)c2ccc(-c3noc(-c4ccccc4)n3)cc2)cc1. The summed E-state index contributed by atoms with van der Waals surface area (Å²) in [5.74, 6) is 1.55. The molecule has 0 aliphatic carbocycles. The minimum Gasteiger partial charge on any atom is -0.378 e. The molecule has 0 aliphatic heterocycles. The summed E-state index contributed by atoms with van der Waals surface area (Å²) in [4.78, 5) is 16.7. The summed E-state index contributed by atoms with van der Waals surface area (Å²) >= 11 is 0. The normalized spacial score (nSPS) is 11.9. The monoisotopic (exact) mass is 468 g/mol. The molecule has 180 valence electrons. The quantitative estimate of drug-likeness (QED) is 0.269. The Morgan fingerprint density at radius 3 is 2.29 bits per heavy atom. The number of nitrogens with zero attached hydrogens (tertiary/aromatic N) is 2. The molecule has 1 heterocycles. The molecule has 0 saturated heterocycles. The largest absolute Gasteiger partial charge is 0.378 e. The Balaban J connectivity index is 1.48. The highest BCUT2D eigenvalue weighted by Crippen LogP contribution is 2.29. The van der Waals surface area contributed by atoms with E-state index in [1.807, 2.05) is 73.7 Å². The maximum atomic E-state index is 12.2. The number of rotatable bonds is 10. The van der Waals surface area contributed by atoms with Gasteiger partial charge >= 0.3 is 0 Å². The van der Waals surface area contributed by atoms with Crippen molar-refractivity contribution in [1.29, 1.82) is 0 Å². The highest BCUT2D eigenvalue weighted by molar-refractivity contribution is 5.94. The Morgan fingerprint density at radius 2 is 1.63 bits per heavy atom. The van der Waals surface area contributed by atoms with Crippen molar-refractivity contribution in [2.24, 2.45) is 5.92 Å². The van der Waals surface area contributed by atoms with Crippen LogP contribution in [0.3, 0.4) is 0 Å². The van der Waals surface area contributed by atoms with Crippen molar-refractivity contribution in [3.05, 3.63) is 90.0 Å². The van der Waals surface area contributed by atoms with Crippen LogP contribution in [0.25, 0.3) is 22.8 Å². The molecule has 1 atom stereocenters. The minimum absolute atomic E-state index is 0.0374. The summed E-state index contributed by atoms with van der Waals surface area (Å²) in [5, 5.41) is 10.7. The van der Waals surface area contributed by atoms with Crippen LogP contribution in [0.15, 0.2) is 83.4 Å². The first-order valence-electron chi connectivity index (χ1n) is 12.2. The summed E-state index contributed by atoms with van der Waals surface area (Å²) < 4.78 is 5.46. The van der Waals surface area contributed by atoms with Crippen molar-refractivity contribution >= 4 is 11.6 Å². The second kappa shape index (κ2) is 11.5. The van der Waals surface area contributed by atoms with Crippen LogP contribution in [0.5, 0.6) is 0 Å². The van der Waals surface area contributed by atoms with Gasteiger partial charge in [0.15, 0.2) is 0 Å². The number of nitrogens with one attached hydrogen (secondary N) is 2. The number of aromatic nitrogens is 2. The third-order valence-electron chi connectivity index (χ3n) is 5.75. The molecule has 4 rings (SSSR count). The van der Waals surface area contributed by atoms with E-state index < -0.39 is 0 Å². The van der Waals surface area contributed by atoms with Crippen LogP contribution in [0.2, 0.25) is 0 Å². The minimum atomic E-state index is -0.0374. The van der Waals surface area contributed by atoms with Crippen LogP contribution in [0.4, 0.5) is 5.69 Å². The molecule has 0 radical (unpaired) electrons. The van der Waals surface area contributed by atoms with Crippen molar-refractivity contribution in [3.63, 3.8) is 0 Å². The fourth-order valence-corrected chi connectivity index (χ4v) is 3.91. The van der Waals surface area contributed by atoms with E-state index >= 15 is 0 Å². The molecule has 0 saturated carbocycles. The summed E-state index contributed by atoms with van der Waals surface area (Å²) in [6.45, 7) is 7.16. The average molecular weight is 469 g/mol. The van der Waals surface area contributed by atoms with E-state index in [0.29, 0.717) is 29.7 Å². The number of amides is 1. The lowest BCUT2D eigenvalue weighted by molar-refractivity contribution is 0.0953. The van der Waals surface area contributed by atoms with Crippen molar-refractivity contribution in [2.75, 3.05) is 11.9 Å². The summed E-state index contributed by atoms with van der Waals surface area (Å²) in [6.07, 6.45) is 1.89. The number of carbonyl (C=O) groups excluding carboxylic acids is 1. The number of hydrogen-bond donors (Lipinski definition) is 2. The molecule has 35 heavy (non-hydrogen) atoms. The number of anilines is 1. The van der Waals surface area contributed by atoms with Gasteiger partial charge in [0.1, 0.15) is 0 Å². The molecular weight excluding hydrogens is 436 g/mol. The molecular formula is C29H32N4O2. The standard InChI is InChI=1S/C29H32N4O2/c1-4-18-30-28(34)23-14-16-25(17-15-23)31-26(19-20(2)3)21-10-12-22(13-11-21)27-32-29(35-33-27)24-8-6-5-7-9-24/h5-17,20,26,31H,4,18-19H2,1-3H3,(H,30,34)/t26-/m0/s1. The van der Waals surface area contributed by atoms with Crippen LogP contribution >= 0.6 is 0 Å². The molecule has 6 nitrogen and oxygen atoms in total. The van der Waals surface area contributed by atoms with E-state index in [2.05, 4.69) is 46.8 Å². The second-order valence-corrected chi connectivity index (χ2v) is 9.07. The Morgan fingerprint density at radius 1 is 0.914 bits per heavy atom. The maximum absolute atomic E-state index is 12.2. The smallest absolute Gasteiger partial charge is 0.258 e. The molecule has 0 unspecified atom stereocenters. The van der Waals surface area contributed by atoms with Gasteiger partial charge in [-0.2, -0.15) is 4.98 Å². The zero-order valence-corrected chi connectivity index (χ0v) is 20.5. The molecule has 1 amide bonds. The lowest BCUT2D eigenvalue weighted by Crippen LogP contribution is -2.23. The van der Waals surface area contributed by atoms with Crippen LogP contribution in [-0.4, -0.2) is 22.6 Å². The Kier molecular flexibility index (Phi) is 7.93. The second-order valence-electron chi connectivity index (χ2n) is 9.07. The van der Waals surface area contributed by atoms with Gasteiger partial charge in [-0.05, 0) is 60.7 Å². The predicted octanol–water partition coefficient (Wildman–Crippen LogP) is 6.74. The van der Waals surface area contributed by atoms with Gasteiger partial charge in [0.05, 0.1) is 6.04 Å². The van der Waals surface area contributed by atoms with E-state index in [0.717, 1.165) is 29.7 Å². The molecule has 0 fully saturated rings. The fourth-order valence-electron chi connectivity index (χ4n) is 3.91. The number of benzene rings is 3. The first-order valence-corrected chi connectivity index (χ1v) is 12.2. The first-order chi connectivity index (χ1) is 17.0. The van der Waals surface area contributed by atoms with Gasteiger partial charge in [0.2, 0.25) is 5.82 Å². The molecule has 0 aliphatic rings. The van der Waals surface area contributed by atoms with Crippen LogP contribution in [0.1, 0.15) is 55.6 Å². The fraction of sp³-hybridized carbons (Fsp3) is 0.276. The Hall–Kier alpha value is -3.93. The molecule has 1 aromatic heterocycles. The van der Waals surface area contributed by atoms with E-state index in [1.54, 1.807) is 0 Å². The van der Waals surface area contributed by atoms with Crippen LogP contribution in [-0.2, 0) is 0 Å². The van der Waals surface area contributed by atoms with Gasteiger partial charge in [-0.15, -0.1) is 0 Å². The Bertz CT molecular complexity index is 1220. The third kappa shape index (κ3) is 6.35. The highest BCUT2D eigenvalue weighted by atomic mass is 16.5. The van der Waals surface area contributed by atoms with Crippen LogP contribution in [0, 0.1) is 5.92 Å². The summed E-state index contributed by atoms with van der Waals surface area (Å²) in [7, 11) is 0. The number of carbonyl (C=O) groups is 1. The summed E-state index contributed by atoms with van der Waals surface area (Å²) in [6, 6.07) is 25.8. The first kappa shape index (κ1) is 24.2. The third-order valence-corrected chi connectivity index (χ3v) is 5.75. The van der Waals surface area contributed by atoms with Crippen molar-refractivity contribution in [1.82, 2.24) is 15.5 Å². The van der Waals surface area contributed by atoms with E-state index in [-0.39, 0.29) is 11.9 Å². The van der Waals surface area contributed by atoms with E-state index in [9.17, 15) is 4.79 Å². The van der Waals surface area contributed by atoms with Gasteiger partial charge < -0.3 is 15.2 Å². The average Bonchev–Trinajstić information content (AvgIpc) is 3.38. The molecule has 0 bridgehead atoms. The van der Waals surface area contributed by atoms with E-state index in [1.165, 1.54) is 5.56 Å². The topological polar surface area (TPSA) is 80.0 Å². The van der Waals surface area contributed by atoms with Crippen LogP contribution < -0.4 is 10.6 Å². The van der Waals surface area contributed by atoms with Gasteiger partial charge in [0.25, 0.3) is 11.8 Å². The van der Waals surface area contributed by atoms with Gasteiger partial charge in [-0.3, -0.25) is 4.79 Å². The predicted molar refractivity (Wildman–Crippen MR) is 140 cm³/mol. The van der Waals surface area contributed by atoms with E-state index in [4.69, 9.17) is 4.52 Å².